The number of rotatable bonds is 5. The zero-order valence-electron chi connectivity index (χ0n) is 13.4. The highest BCUT2D eigenvalue weighted by Gasteiger charge is 2.24. The molecule has 0 aliphatic rings. The van der Waals surface area contributed by atoms with E-state index in [0.29, 0.717) is 16.6 Å². The van der Waals surface area contributed by atoms with Crippen LogP contribution in [0.25, 0.3) is 10.2 Å². The molecule has 0 fully saturated rings. The molecule has 1 amide bonds. The Kier molecular flexibility index (Phi) is 4.58. The minimum atomic E-state index is -0.934. The second kappa shape index (κ2) is 6.81. The van der Waals surface area contributed by atoms with Crippen LogP contribution in [0.2, 0.25) is 0 Å². The van der Waals surface area contributed by atoms with E-state index in [9.17, 15) is 10.1 Å². The molecule has 2 heterocycles. The normalized spacial score (nSPS) is 12.2. The van der Waals surface area contributed by atoms with Crippen molar-refractivity contribution in [1.29, 1.82) is 5.26 Å². The largest absolute Gasteiger partial charge is 0.322 e. The molecule has 0 radical (unpaired) electrons. The Morgan fingerprint density at radius 1 is 1.42 bits per heavy atom. The van der Waals surface area contributed by atoms with Crippen LogP contribution < -0.4 is 5.32 Å². The number of hydrogen-bond donors (Lipinski definition) is 1. The second-order valence-electron chi connectivity index (χ2n) is 5.92. The van der Waals surface area contributed by atoms with Crippen molar-refractivity contribution in [2.75, 3.05) is 5.32 Å². The third-order valence-corrected chi connectivity index (χ3v) is 4.50. The van der Waals surface area contributed by atoms with Crippen molar-refractivity contribution in [3.05, 3.63) is 41.7 Å². The minimum Gasteiger partial charge on any atom is -0.322 e. The number of carbonyl (C=O) groups excluding carboxylic acids is 1. The molecule has 1 aromatic carbocycles. The summed E-state index contributed by atoms with van der Waals surface area (Å²) in [5.74, 6) is -0.862. The Labute approximate surface area is 143 Å². The summed E-state index contributed by atoms with van der Waals surface area (Å²) in [6.07, 6.45) is 3.36. The fourth-order valence-electron chi connectivity index (χ4n) is 2.36. The fraction of sp³-hybridized carbons (Fsp3) is 0.294. The summed E-state index contributed by atoms with van der Waals surface area (Å²) < 4.78 is 2.74. The SMILES string of the molecule is CC(C)Cn1cc(NC(=O)C(C#N)c2nc3ccccc3s2)cn1. The molecular formula is C17H17N5OS. The average Bonchev–Trinajstić information content (AvgIpc) is 3.14. The van der Waals surface area contributed by atoms with Crippen molar-refractivity contribution in [3.8, 4) is 6.07 Å². The molecule has 3 rings (SSSR count). The Morgan fingerprint density at radius 2 is 2.21 bits per heavy atom. The van der Waals surface area contributed by atoms with Gasteiger partial charge in [-0.3, -0.25) is 9.48 Å². The molecule has 2 aromatic heterocycles. The first-order valence-electron chi connectivity index (χ1n) is 7.65. The first-order chi connectivity index (χ1) is 11.6. The number of aromatic nitrogens is 3. The number of anilines is 1. The summed E-state index contributed by atoms with van der Waals surface area (Å²) in [7, 11) is 0. The van der Waals surface area contributed by atoms with Crippen LogP contribution in [0.4, 0.5) is 5.69 Å². The predicted molar refractivity (Wildman–Crippen MR) is 93.7 cm³/mol. The summed E-state index contributed by atoms with van der Waals surface area (Å²) in [6, 6.07) is 9.65. The van der Waals surface area contributed by atoms with Crippen molar-refractivity contribution >= 4 is 33.1 Å². The summed E-state index contributed by atoms with van der Waals surface area (Å²) in [4.78, 5) is 16.9. The van der Waals surface area contributed by atoms with Gasteiger partial charge in [-0.05, 0) is 18.1 Å². The van der Waals surface area contributed by atoms with E-state index in [-0.39, 0.29) is 5.91 Å². The lowest BCUT2D eigenvalue weighted by molar-refractivity contribution is -0.116. The molecule has 1 atom stereocenters. The highest BCUT2D eigenvalue weighted by Crippen LogP contribution is 2.28. The number of carbonyl (C=O) groups is 1. The Morgan fingerprint density at radius 3 is 2.92 bits per heavy atom. The number of fused-ring (bicyclic) bond motifs is 1. The van der Waals surface area contributed by atoms with Crippen LogP contribution in [0, 0.1) is 17.2 Å². The molecule has 0 bridgehead atoms. The van der Waals surface area contributed by atoms with E-state index in [4.69, 9.17) is 0 Å². The van der Waals surface area contributed by atoms with Gasteiger partial charge in [0.2, 0.25) is 5.91 Å². The number of amides is 1. The summed E-state index contributed by atoms with van der Waals surface area (Å²) in [6.45, 7) is 4.97. The number of nitrogens with one attached hydrogen (secondary N) is 1. The van der Waals surface area contributed by atoms with Crippen molar-refractivity contribution < 1.29 is 4.79 Å². The third kappa shape index (κ3) is 3.44. The van der Waals surface area contributed by atoms with E-state index in [2.05, 4.69) is 29.2 Å². The molecule has 0 saturated heterocycles. The van der Waals surface area contributed by atoms with Gasteiger partial charge in [0.1, 0.15) is 5.01 Å². The van der Waals surface area contributed by atoms with E-state index >= 15 is 0 Å². The van der Waals surface area contributed by atoms with Crippen LogP contribution in [-0.2, 0) is 11.3 Å². The maximum Gasteiger partial charge on any atom is 0.248 e. The molecule has 7 heteroatoms. The Hall–Kier alpha value is -2.72. The second-order valence-corrected chi connectivity index (χ2v) is 6.98. The number of hydrogen-bond acceptors (Lipinski definition) is 5. The van der Waals surface area contributed by atoms with E-state index in [1.807, 2.05) is 30.3 Å². The maximum absolute atomic E-state index is 12.4. The van der Waals surface area contributed by atoms with Gasteiger partial charge in [-0.1, -0.05) is 26.0 Å². The van der Waals surface area contributed by atoms with Crippen LogP contribution in [0.3, 0.4) is 0 Å². The van der Waals surface area contributed by atoms with Gasteiger partial charge >= 0.3 is 0 Å². The van der Waals surface area contributed by atoms with Gasteiger partial charge in [0, 0.05) is 12.7 Å². The molecule has 1 N–H and O–H groups in total. The fourth-order valence-corrected chi connectivity index (χ4v) is 3.37. The smallest absolute Gasteiger partial charge is 0.248 e. The Bertz CT molecular complexity index is 872. The van der Waals surface area contributed by atoms with Crippen molar-refractivity contribution in [1.82, 2.24) is 14.8 Å². The lowest BCUT2D eigenvalue weighted by Crippen LogP contribution is -2.19. The zero-order valence-corrected chi connectivity index (χ0v) is 14.2. The van der Waals surface area contributed by atoms with E-state index in [1.165, 1.54) is 11.3 Å². The van der Waals surface area contributed by atoms with E-state index < -0.39 is 5.92 Å². The lowest BCUT2D eigenvalue weighted by Gasteiger charge is -2.06. The third-order valence-electron chi connectivity index (χ3n) is 3.40. The van der Waals surface area contributed by atoms with Crippen LogP contribution >= 0.6 is 11.3 Å². The highest BCUT2D eigenvalue weighted by atomic mass is 32.1. The molecule has 0 spiro atoms. The van der Waals surface area contributed by atoms with E-state index in [0.717, 1.165) is 16.8 Å². The first kappa shape index (κ1) is 16.1. The van der Waals surface area contributed by atoms with Crippen LogP contribution in [0.1, 0.15) is 24.8 Å². The van der Waals surface area contributed by atoms with Crippen LogP contribution in [0.15, 0.2) is 36.7 Å². The lowest BCUT2D eigenvalue weighted by atomic mass is 10.1. The first-order valence-corrected chi connectivity index (χ1v) is 8.47. The molecule has 1 unspecified atom stereocenters. The van der Waals surface area contributed by atoms with Crippen molar-refractivity contribution in [2.24, 2.45) is 5.92 Å². The highest BCUT2D eigenvalue weighted by molar-refractivity contribution is 7.18. The van der Waals surface area contributed by atoms with Gasteiger partial charge in [0.05, 0.1) is 28.2 Å². The monoisotopic (exact) mass is 339 g/mol. The minimum absolute atomic E-state index is 0.388. The number of nitrogens with zero attached hydrogens (tertiary/aromatic N) is 4. The zero-order chi connectivity index (χ0) is 17.1. The molecule has 0 saturated carbocycles. The summed E-state index contributed by atoms with van der Waals surface area (Å²) in [5, 5.41) is 16.9. The molecular weight excluding hydrogens is 322 g/mol. The number of benzene rings is 1. The standard InChI is InChI=1S/C17H17N5OS/c1-11(2)9-22-10-12(8-19-22)20-16(23)13(7-18)17-21-14-5-3-4-6-15(14)24-17/h3-6,8,10-11,13H,9H2,1-2H3,(H,20,23). The average molecular weight is 339 g/mol. The maximum atomic E-state index is 12.4. The van der Waals surface area contributed by atoms with Crippen molar-refractivity contribution in [3.63, 3.8) is 0 Å². The van der Waals surface area contributed by atoms with Gasteiger partial charge in [-0.15, -0.1) is 11.3 Å². The van der Waals surface area contributed by atoms with Crippen LogP contribution in [0.5, 0.6) is 0 Å². The molecule has 24 heavy (non-hydrogen) atoms. The Balaban J connectivity index is 1.77. The molecule has 6 nitrogen and oxygen atoms in total. The molecule has 0 aliphatic carbocycles. The van der Waals surface area contributed by atoms with Gasteiger partial charge in [-0.25, -0.2) is 4.98 Å². The van der Waals surface area contributed by atoms with Crippen molar-refractivity contribution in [2.45, 2.75) is 26.3 Å². The van der Waals surface area contributed by atoms with E-state index in [1.54, 1.807) is 17.1 Å². The molecule has 3 aromatic rings. The van der Waals surface area contributed by atoms with Gasteiger partial charge in [0.25, 0.3) is 0 Å². The van der Waals surface area contributed by atoms with Gasteiger partial charge < -0.3 is 5.32 Å². The number of para-hydroxylation sites is 1. The van der Waals surface area contributed by atoms with Gasteiger partial charge in [-0.2, -0.15) is 10.4 Å². The quantitative estimate of drug-likeness (QED) is 0.772. The predicted octanol–water partition coefficient (Wildman–Crippen LogP) is 3.39. The summed E-state index contributed by atoms with van der Waals surface area (Å²) >= 11 is 1.37. The van der Waals surface area contributed by atoms with Crippen LogP contribution in [-0.4, -0.2) is 20.7 Å². The number of thiazole rings is 1. The van der Waals surface area contributed by atoms with Gasteiger partial charge in [0.15, 0.2) is 5.92 Å². The molecule has 122 valence electrons. The topological polar surface area (TPSA) is 83.6 Å². The number of nitriles is 1. The summed E-state index contributed by atoms with van der Waals surface area (Å²) in [5.41, 5.74) is 1.39. The molecule has 0 aliphatic heterocycles.